The standard InChI is InChI=1S/C25H35N3O2.HI/c1-3-26-25(28-15-14-21(19-28)20-30-17-16-29-2)27-18-24(22-10-6-4-7-11-22)23-12-8-5-9-13-23;/h4-13,21,24H,3,14-20H2,1-2H3,(H,26,27);1H. The van der Waals surface area contributed by atoms with E-state index in [1.165, 1.54) is 11.1 Å². The van der Waals surface area contributed by atoms with Crippen LogP contribution in [0.25, 0.3) is 0 Å². The first-order valence-corrected chi connectivity index (χ1v) is 11.0. The summed E-state index contributed by atoms with van der Waals surface area (Å²) >= 11 is 0. The highest BCUT2D eigenvalue weighted by Crippen LogP contribution is 2.25. The van der Waals surface area contributed by atoms with Gasteiger partial charge in [0.15, 0.2) is 5.96 Å². The van der Waals surface area contributed by atoms with Crippen LogP contribution in [0.3, 0.4) is 0 Å². The maximum Gasteiger partial charge on any atom is 0.193 e. The summed E-state index contributed by atoms with van der Waals surface area (Å²) in [7, 11) is 1.71. The number of hydrogen-bond acceptors (Lipinski definition) is 3. The molecule has 0 aromatic heterocycles. The van der Waals surface area contributed by atoms with Gasteiger partial charge in [-0.3, -0.25) is 4.99 Å². The number of ether oxygens (including phenoxy) is 2. The van der Waals surface area contributed by atoms with Gasteiger partial charge in [-0.15, -0.1) is 24.0 Å². The van der Waals surface area contributed by atoms with Gasteiger partial charge in [0.05, 0.1) is 26.4 Å². The summed E-state index contributed by atoms with van der Waals surface area (Å²) in [4.78, 5) is 7.44. The smallest absolute Gasteiger partial charge is 0.193 e. The molecule has 1 aliphatic rings. The maximum atomic E-state index is 5.75. The Morgan fingerprint density at radius 2 is 1.71 bits per heavy atom. The predicted molar refractivity (Wildman–Crippen MR) is 138 cm³/mol. The van der Waals surface area contributed by atoms with Crippen molar-refractivity contribution in [3.63, 3.8) is 0 Å². The predicted octanol–water partition coefficient (Wildman–Crippen LogP) is 4.39. The van der Waals surface area contributed by atoms with E-state index in [1.807, 2.05) is 0 Å². The number of nitrogens with one attached hydrogen (secondary N) is 1. The van der Waals surface area contributed by atoms with Crippen LogP contribution < -0.4 is 5.32 Å². The first kappa shape index (κ1) is 25.6. The van der Waals surface area contributed by atoms with Gasteiger partial charge in [-0.2, -0.15) is 0 Å². The fourth-order valence-electron chi connectivity index (χ4n) is 3.93. The zero-order valence-electron chi connectivity index (χ0n) is 18.7. The van der Waals surface area contributed by atoms with E-state index in [0.717, 1.165) is 45.2 Å². The fourth-order valence-corrected chi connectivity index (χ4v) is 3.93. The van der Waals surface area contributed by atoms with Gasteiger partial charge in [0.1, 0.15) is 0 Å². The Morgan fingerprint density at radius 1 is 1.06 bits per heavy atom. The van der Waals surface area contributed by atoms with E-state index in [9.17, 15) is 0 Å². The molecule has 0 bridgehead atoms. The van der Waals surface area contributed by atoms with Crippen molar-refractivity contribution < 1.29 is 9.47 Å². The average Bonchev–Trinajstić information content (AvgIpc) is 3.26. The molecule has 1 atom stereocenters. The Bertz CT molecular complexity index is 718. The number of halogens is 1. The van der Waals surface area contributed by atoms with Crippen LogP contribution in [0, 0.1) is 5.92 Å². The molecule has 1 aliphatic heterocycles. The molecule has 3 rings (SSSR count). The van der Waals surface area contributed by atoms with E-state index in [4.69, 9.17) is 14.5 Å². The van der Waals surface area contributed by atoms with Crippen molar-refractivity contribution in [1.29, 1.82) is 0 Å². The Balaban J connectivity index is 0.00000341. The number of aliphatic imine (C=N–C) groups is 1. The van der Waals surface area contributed by atoms with Crippen molar-refractivity contribution in [1.82, 2.24) is 10.2 Å². The van der Waals surface area contributed by atoms with Crippen LogP contribution in [0.5, 0.6) is 0 Å². The van der Waals surface area contributed by atoms with Gasteiger partial charge >= 0.3 is 0 Å². The molecule has 0 radical (unpaired) electrons. The van der Waals surface area contributed by atoms with Crippen LogP contribution in [-0.2, 0) is 9.47 Å². The van der Waals surface area contributed by atoms with Crippen LogP contribution >= 0.6 is 24.0 Å². The zero-order valence-corrected chi connectivity index (χ0v) is 21.0. The summed E-state index contributed by atoms with van der Waals surface area (Å²) in [5, 5.41) is 3.49. The normalized spacial score (nSPS) is 16.4. The minimum absolute atomic E-state index is 0. The Morgan fingerprint density at radius 3 is 2.29 bits per heavy atom. The molecule has 31 heavy (non-hydrogen) atoms. The molecule has 6 heteroatoms. The summed E-state index contributed by atoms with van der Waals surface area (Å²) in [6.07, 6.45) is 1.14. The number of guanidine groups is 1. The van der Waals surface area contributed by atoms with E-state index < -0.39 is 0 Å². The monoisotopic (exact) mass is 537 g/mol. The van der Waals surface area contributed by atoms with Gasteiger partial charge in [0.25, 0.3) is 0 Å². The number of hydrogen-bond donors (Lipinski definition) is 1. The highest BCUT2D eigenvalue weighted by molar-refractivity contribution is 14.0. The first-order chi connectivity index (χ1) is 14.8. The molecule has 2 aromatic carbocycles. The maximum absolute atomic E-state index is 5.75. The second kappa shape index (κ2) is 14.4. The number of benzene rings is 2. The highest BCUT2D eigenvalue weighted by atomic mass is 127. The summed E-state index contributed by atoms with van der Waals surface area (Å²) in [5.74, 6) is 1.80. The third-order valence-electron chi connectivity index (χ3n) is 5.53. The van der Waals surface area contributed by atoms with Crippen molar-refractivity contribution in [3.05, 3.63) is 71.8 Å². The van der Waals surface area contributed by atoms with Crippen molar-refractivity contribution in [3.8, 4) is 0 Å². The van der Waals surface area contributed by atoms with Crippen LogP contribution in [-0.4, -0.2) is 64.0 Å². The lowest BCUT2D eigenvalue weighted by molar-refractivity contribution is 0.0536. The van der Waals surface area contributed by atoms with Gasteiger partial charge in [-0.05, 0) is 24.5 Å². The zero-order chi connectivity index (χ0) is 21.0. The third-order valence-corrected chi connectivity index (χ3v) is 5.53. The molecule has 170 valence electrons. The first-order valence-electron chi connectivity index (χ1n) is 11.0. The van der Waals surface area contributed by atoms with E-state index in [2.05, 4.69) is 77.8 Å². The van der Waals surface area contributed by atoms with Crippen LogP contribution in [0.4, 0.5) is 0 Å². The highest BCUT2D eigenvalue weighted by Gasteiger charge is 2.25. The molecular formula is C25H36IN3O2. The minimum atomic E-state index is 0. The largest absolute Gasteiger partial charge is 0.382 e. The summed E-state index contributed by atoms with van der Waals surface area (Å²) in [6, 6.07) is 21.3. The lowest BCUT2D eigenvalue weighted by Crippen LogP contribution is -2.40. The summed E-state index contributed by atoms with van der Waals surface area (Å²) < 4.78 is 10.8. The number of rotatable bonds is 10. The van der Waals surface area contributed by atoms with Crippen LogP contribution in [0.1, 0.15) is 30.4 Å². The fraction of sp³-hybridized carbons (Fsp3) is 0.480. The molecule has 0 aliphatic carbocycles. The molecule has 1 N–H and O–H groups in total. The molecule has 5 nitrogen and oxygen atoms in total. The Hall–Kier alpha value is -1.64. The lowest BCUT2D eigenvalue weighted by Gasteiger charge is -2.23. The Kier molecular flexibility index (Phi) is 11.9. The molecule has 0 amide bonds. The van der Waals surface area contributed by atoms with Crippen molar-refractivity contribution >= 4 is 29.9 Å². The quantitative estimate of drug-likeness (QED) is 0.212. The molecule has 1 heterocycles. The Labute approximate surface area is 204 Å². The molecule has 1 fully saturated rings. The second-order valence-corrected chi connectivity index (χ2v) is 7.74. The molecule has 2 aromatic rings. The molecular weight excluding hydrogens is 501 g/mol. The van der Waals surface area contributed by atoms with E-state index in [-0.39, 0.29) is 29.9 Å². The number of methoxy groups -OCH3 is 1. The number of nitrogens with zero attached hydrogens (tertiary/aromatic N) is 2. The van der Waals surface area contributed by atoms with Gasteiger partial charge in [0, 0.05) is 38.6 Å². The van der Waals surface area contributed by atoms with Gasteiger partial charge in [0.2, 0.25) is 0 Å². The second-order valence-electron chi connectivity index (χ2n) is 7.74. The van der Waals surface area contributed by atoms with Crippen molar-refractivity contribution in [2.24, 2.45) is 10.9 Å². The van der Waals surface area contributed by atoms with Gasteiger partial charge in [-0.25, -0.2) is 0 Å². The molecule has 0 spiro atoms. The van der Waals surface area contributed by atoms with Gasteiger partial charge in [-0.1, -0.05) is 60.7 Å². The molecule has 1 unspecified atom stereocenters. The summed E-state index contributed by atoms with van der Waals surface area (Å²) in [6.45, 7) is 7.83. The minimum Gasteiger partial charge on any atom is -0.382 e. The molecule has 1 saturated heterocycles. The van der Waals surface area contributed by atoms with E-state index >= 15 is 0 Å². The number of likely N-dealkylation sites (tertiary alicyclic amines) is 1. The average molecular weight is 537 g/mol. The third kappa shape index (κ3) is 8.09. The van der Waals surface area contributed by atoms with Crippen LogP contribution in [0.2, 0.25) is 0 Å². The van der Waals surface area contributed by atoms with Crippen molar-refractivity contribution in [2.75, 3.05) is 53.1 Å². The van der Waals surface area contributed by atoms with Crippen molar-refractivity contribution in [2.45, 2.75) is 19.3 Å². The van der Waals surface area contributed by atoms with E-state index in [1.54, 1.807) is 7.11 Å². The van der Waals surface area contributed by atoms with Gasteiger partial charge < -0.3 is 19.7 Å². The van der Waals surface area contributed by atoms with E-state index in [0.29, 0.717) is 19.1 Å². The lowest BCUT2D eigenvalue weighted by atomic mass is 9.91. The molecule has 0 saturated carbocycles. The summed E-state index contributed by atoms with van der Waals surface area (Å²) in [5.41, 5.74) is 2.60. The topological polar surface area (TPSA) is 46.1 Å². The SMILES string of the molecule is CCNC(=NCC(c1ccccc1)c1ccccc1)N1CCC(COCCOC)C1.I. The van der Waals surface area contributed by atoms with Crippen LogP contribution in [0.15, 0.2) is 65.7 Å².